The Kier molecular flexibility index (Phi) is 6.92. The first-order valence-corrected chi connectivity index (χ1v) is 9.66. The lowest BCUT2D eigenvalue weighted by Gasteiger charge is -2.14. The van der Waals surface area contributed by atoms with Crippen molar-refractivity contribution in [1.29, 1.82) is 0 Å². The molecule has 6 heteroatoms. The standard InChI is InChI=1S/C23H26N4O2/c1-16(2)18-11-7-8-12-19(18)26-23(28)20-15-21(24-13-14-29-3)27-22(25-20)17-9-5-4-6-10-17/h4-12,15-16H,13-14H2,1-3H3,(H,26,28)(H,24,25,27). The molecule has 0 radical (unpaired) electrons. The van der Waals surface area contributed by atoms with E-state index in [0.29, 0.717) is 36.4 Å². The third-order valence-corrected chi connectivity index (χ3v) is 4.43. The summed E-state index contributed by atoms with van der Waals surface area (Å²) in [5.41, 5.74) is 3.02. The molecule has 1 amide bonds. The van der Waals surface area contributed by atoms with Gasteiger partial charge in [0.25, 0.3) is 5.91 Å². The number of amides is 1. The monoisotopic (exact) mass is 390 g/mol. The number of methoxy groups -OCH3 is 1. The SMILES string of the molecule is COCCNc1cc(C(=O)Nc2ccccc2C(C)C)nc(-c2ccccc2)n1. The van der Waals surface area contributed by atoms with Crippen molar-refractivity contribution < 1.29 is 9.53 Å². The summed E-state index contributed by atoms with van der Waals surface area (Å²) in [6.07, 6.45) is 0. The predicted octanol–water partition coefficient (Wildman–Crippen LogP) is 4.58. The summed E-state index contributed by atoms with van der Waals surface area (Å²) < 4.78 is 5.09. The molecule has 1 heterocycles. The van der Waals surface area contributed by atoms with Gasteiger partial charge < -0.3 is 15.4 Å². The van der Waals surface area contributed by atoms with E-state index in [1.54, 1.807) is 13.2 Å². The molecule has 3 aromatic rings. The Bertz CT molecular complexity index is 958. The van der Waals surface area contributed by atoms with Crippen molar-refractivity contribution in [2.75, 3.05) is 30.9 Å². The van der Waals surface area contributed by atoms with Crippen molar-refractivity contribution in [3.63, 3.8) is 0 Å². The fourth-order valence-electron chi connectivity index (χ4n) is 2.95. The highest BCUT2D eigenvalue weighted by Gasteiger charge is 2.15. The summed E-state index contributed by atoms with van der Waals surface area (Å²) in [5.74, 6) is 1.10. The third kappa shape index (κ3) is 5.39. The normalized spacial score (nSPS) is 10.8. The molecule has 0 saturated carbocycles. The summed E-state index contributed by atoms with van der Waals surface area (Å²) in [6, 6.07) is 19.1. The van der Waals surface area contributed by atoms with E-state index in [-0.39, 0.29) is 5.91 Å². The van der Waals surface area contributed by atoms with Gasteiger partial charge in [-0.15, -0.1) is 0 Å². The van der Waals surface area contributed by atoms with Crippen molar-refractivity contribution in [3.05, 3.63) is 71.9 Å². The van der Waals surface area contributed by atoms with Crippen LogP contribution in [0.2, 0.25) is 0 Å². The van der Waals surface area contributed by atoms with Gasteiger partial charge in [0.15, 0.2) is 5.82 Å². The minimum atomic E-state index is -0.271. The van der Waals surface area contributed by atoms with Crippen molar-refractivity contribution >= 4 is 17.4 Å². The van der Waals surface area contributed by atoms with E-state index in [0.717, 1.165) is 16.8 Å². The van der Waals surface area contributed by atoms with E-state index < -0.39 is 0 Å². The Morgan fingerprint density at radius 1 is 1.03 bits per heavy atom. The number of hydrogen-bond donors (Lipinski definition) is 2. The Balaban J connectivity index is 1.92. The number of nitrogens with one attached hydrogen (secondary N) is 2. The lowest BCUT2D eigenvalue weighted by molar-refractivity contribution is 0.102. The summed E-state index contributed by atoms with van der Waals surface area (Å²) >= 11 is 0. The van der Waals surface area contributed by atoms with E-state index in [2.05, 4.69) is 34.4 Å². The number of hydrogen-bond acceptors (Lipinski definition) is 5. The van der Waals surface area contributed by atoms with Crippen LogP contribution < -0.4 is 10.6 Å². The highest BCUT2D eigenvalue weighted by atomic mass is 16.5. The zero-order valence-electron chi connectivity index (χ0n) is 17.0. The second-order valence-corrected chi connectivity index (χ2v) is 6.94. The maximum Gasteiger partial charge on any atom is 0.274 e. The summed E-state index contributed by atoms with van der Waals surface area (Å²) in [7, 11) is 1.64. The summed E-state index contributed by atoms with van der Waals surface area (Å²) in [4.78, 5) is 22.1. The van der Waals surface area contributed by atoms with Crippen LogP contribution in [0.1, 0.15) is 35.8 Å². The molecule has 0 aliphatic heterocycles. The molecule has 0 spiro atoms. The van der Waals surface area contributed by atoms with Crippen LogP contribution in [0, 0.1) is 0 Å². The second-order valence-electron chi connectivity index (χ2n) is 6.94. The number of carbonyl (C=O) groups is 1. The van der Waals surface area contributed by atoms with Crippen molar-refractivity contribution in [3.8, 4) is 11.4 Å². The highest BCUT2D eigenvalue weighted by molar-refractivity contribution is 6.04. The number of ether oxygens (including phenoxy) is 1. The maximum atomic E-state index is 13.0. The van der Waals surface area contributed by atoms with Gasteiger partial charge in [-0.2, -0.15) is 0 Å². The van der Waals surface area contributed by atoms with Gasteiger partial charge in [0.1, 0.15) is 11.5 Å². The lowest BCUT2D eigenvalue weighted by Crippen LogP contribution is -2.17. The van der Waals surface area contributed by atoms with Crippen LogP contribution in [-0.2, 0) is 4.74 Å². The van der Waals surface area contributed by atoms with E-state index in [1.165, 1.54) is 0 Å². The molecule has 0 unspecified atom stereocenters. The topological polar surface area (TPSA) is 76.1 Å². The van der Waals surface area contributed by atoms with Crippen molar-refractivity contribution in [2.45, 2.75) is 19.8 Å². The van der Waals surface area contributed by atoms with Crippen LogP contribution in [0.3, 0.4) is 0 Å². The molecular weight excluding hydrogens is 364 g/mol. The maximum absolute atomic E-state index is 13.0. The first kappa shape index (κ1) is 20.5. The number of aromatic nitrogens is 2. The molecule has 0 aliphatic rings. The van der Waals surface area contributed by atoms with Gasteiger partial charge in [-0.3, -0.25) is 4.79 Å². The number of carbonyl (C=O) groups excluding carboxylic acids is 1. The zero-order valence-corrected chi connectivity index (χ0v) is 17.0. The Morgan fingerprint density at radius 3 is 2.48 bits per heavy atom. The lowest BCUT2D eigenvalue weighted by atomic mass is 10.0. The molecule has 2 N–H and O–H groups in total. The van der Waals surface area contributed by atoms with Gasteiger partial charge in [-0.25, -0.2) is 9.97 Å². The van der Waals surface area contributed by atoms with Gasteiger partial charge in [-0.05, 0) is 17.5 Å². The van der Waals surface area contributed by atoms with Crippen LogP contribution >= 0.6 is 0 Å². The van der Waals surface area contributed by atoms with Crippen LogP contribution in [0.4, 0.5) is 11.5 Å². The minimum Gasteiger partial charge on any atom is -0.383 e. The summed E-state index contributed by atoms with van der Waals surface area (Å²) in [6.45, 7) is 5.31. The van der Waals surface area contributed by atoms with Gasteiger partial charge >= 0.3 is 0 Å². The molecule has 3 rings (SSSR count). The van der Waals surface area contributed by atoms with E-state index in [4.69, 9.17) is 4.74 Å². The van der Waals surface area contributed by atoms with Gasteiger partial charge in [0.2, 0.25) is 0 Å². The van der Waals surface area contributed by atoms with Crippen LogP contribution in [0.5, 0.6) is 0 Å². The quantitative estimate of drug-likeness (QED) is 0.551. The first-order chi connectivity index (χ1) is 14.1. The molecule has 0 fully saturated rings. The largest absolute Gasteiger partial charge is 0.383 e. The van der Waals surface area contributed by atoms with E-state index in [9.17, 15) is 4.79 Å². The van der Waals surface area contributed by atoms with Crippen LogP contribution in [0.25, 0.3) is 11.4 Å². The molecule has 0 atom stereocenters. The fraction of sp³-hybridized carbons (Fsp3) is 0.261. The van der Waals surface area contributed by atoms with Crippen LogP contribution in [-0.4, -0.2) is 36.1 Å². The average Bonchev–Trinajstić information content (AvgIpc) is 2.74. The van der Waals surface area contributed by atoms with Gasteiger partial charge in [0.05, 0.1) is 6.61 Å². The number of nitrogens with zero attached hydrogens (tertiary/aromatic N) is 2. The smallest absolute Gasteiger partial charge is 0.274 e. The predicted molar refractivity (Wildman–Crippen MR) is 116 cm³/mol. The molecule has 0 saturated heterocycles. The fourth-order valence-corrected chi connectivity index (χ4v) is 2.95. The van der Waals surface area contributed by atoms with Crippen molar-refractivity contribution in [1.82, 2.24) is 9.97 Å². The van der Waals surface area contributed by atoms with Gasteiger partial charge in [0, 0.05) is 31.0 Å². The third-order valence-electron chi connectivity index (χ3n) is 4.43. The number of para-hydroxylation sites is 1. The van der Waals surface area contributed by atoms with Gasteiger partial charge in [-0.1, -0.05) is 62.4 Å². The first-order valence-electron chi connectivity index (χ1n) is 9.66. The highest BCUT2D eigenvalue weighted by Crippen LogP contribution is 2.25. The second kappa shape index (κ2) is 9.80. The number of anilines is 2. The number of rotatable bonds is 8. The number of benzene rings is 2. The Labute approximate surface area is 171 Å². The van der Waals surface area contributed by atoms with Crippen LogP contribution in [0.15, 0.2) is 60.7 Å². The molecule has 0 aliphatic carbocycles. The molecule has 6 nitrogen and oxygen atoms in total. The Morgan fingerprint density at radius 2 is 1.76 bits per heavy atom. The average molecular weight is 390 g/mol. The van der Waals surface area contributed by atoms with E-state index >= 15 is 0 Å². The minimum absolute atomic E-state index is 0.271. The Hall–Kier alpha value is -3.25. The molecule has 0 bridgehead atoms. The van der Waals surface area contributed by atoms with Crippen molar-refractivity contribution in [2.24, 2.45) is 0 Å². The zero-order chi connectivity index (χ0) is 20.6. The molecule has 29 heavy (non-hydrogen) atoms. The molecular formula is C23H26N4O2. The molecule has 1 aromatic heterocycles. The van der Waals surface area contributed by atoms with E-state index in [1.807, 2.05) is 54.6 Å². The summed E-state index contributed by atoms with van der Waals surface area (Å²) in [5, 5.41) is 6.19. The molecule has 150 valence electrons. The molecule has 2 aromatic carbocycles.